The van der Waals surface area contributed by atoms with Crippen molar-refractivity contribution in [3.05, 3.63) is 35.4 Å². The van der Waals surface area contributed by atoms with Gasteiger partial charge in [-0.2, -0.15) is 0 Å². The number of rotatable bonds is 6. The quantitative estimate of drug-likeness (QED) is 0.432. The summed E-state index contributed by atoms with van der Waals surface area (Å²) in [4.78, 5) is 25.6. The first kappa shape index (κ1) is 17.0. The topological polar surface area (TPSA) is 125 Å². The van der Waals surface area contributed by atoms with Gasteiger partial charge >= 0.3 is 0 Å². The minimum absolute atomic E-state index is 0.0146. The minimum Gasteiger partial charge on any atom is -0.384 e. The van der Waals surface area contributed by atoms with Crippen LogP contribution in [0.15, 0.2) is 24.3 Å². The standard InChI is InChI=1S/C16H23N5O2/c1-10(21-8-2-3-13(21)15(19)22)16(23)20-9-11-4-6-12(7-5-11)14(17)18/h4-7,10,13H,2-3,8-9H2,1H3,(H3,17,18)(H2,19,22)(H,20,23)/t10-,13?/m0/s1. The van der Waals surface area contributed by atoms with E-state index in [1.165, 1.54) is 0 Å². The third-order valence-corrected chi connectivity index (χ3v) is 4.23. The molecule has 1 fully saturated rings. The predicted octanol–water partition coefficient (Wildman–Crippen LogP) is -0.0749. The van der Waals surface area contributed by atoms with Crippen LogP contribution in [-0.2, 0) is 16.1 Å². The number of primary amides is 1. The third kappa shape index (κ3) is 4.07. The van der Waals surface area contributed by atoms with E-state index in [2.05, 4.69) is 5.32 Å². The number of nitrogen functional groups attached to an aromatic ring is 1. The third-order valence-electron chi connectivity index (χ3n) is 4.23. The molecule has 2 atom stereocenters. The van der Waals surface area contributed by atoms with E-state index in [1.807, 2.05) is 17.0 Å². The van der Waals surface area contributed by atoms with Crippen LogP contribution >= 0.6 is 0 Å². The number of amidine groups is 1. The van der Waals surface area contributed by atoms with Gasteiger partial charge in [0.2, 0.25) is 11.8 Å². The molecule has 23 heavy (non-hydrogen) atoms. The highest BCUT2D eigenvalue weighted by Crippen LogP contribution is 2.19. The van der Waals surface area contributed by atoms with Crippen molar-refractivity contribution in [2.24, 2.45) is 11.5 Å². The van der Waals surface area contributed by atoms with Crippen LogP contribution in [0.4, 0.5) is 0 Å². The van der Waals surface area contributed by atoms with Crippen LogP contribution in [0.5, 0.6) is 0 Å². The Hall–Kier alpha value is -2.41. The second kappa shape index (κ2) is 7.23. The first-order valence-corrected chi connectivity index (χ1v) is 7.66. The molecule has 6 N–H and O–H groups in total. The Kier molecular flexibility index (Phi) is 5.33. The minimum atomic E-state index is -0.397. The van der Waals surface area contributed by atoms with Crippen LogP contribution in [0, 0.1) is 5.41 Å². The maximum atomic E-state index is 12.3. The van der Waals surface area contributed by atoms with Crippen molar-refractivity contribution in [3.63, 3.8) is 0 Å². The number of nitrogens with zero attached hydrogens (tertiary/aromatic N) is 1. The second-order valence-corrected chi connectivity index (χ2v) is 5.80. The van der Waals surface area contributed by atoms with Crippen molar-refractivity contribution < 1.29 is 9.59 Å². The van der Waals surface area contributed by atoms with Gasteiger partial charge in [-0.05, 0) is 31.9 Å². The van der Waals surface area contributed by atoms with Crippen molar-refractivity contribution in [1.29, 1.82) is 5.41 Å². The summed E-state index contributed by atoms with van der Waals surface area (Å²) in [6.07, 6.45) is 1.58. The average Bonchev–Trinajstić information content (AvgIpc) is 3.02. The normalized spacial score (nSPS) is 19.3. The molecule has 1 aromatic carbocycles. The SMILES string of the molecule is C[C@@H](C(=O)NCc1ccc(C(=N)N)cc1)N1CCCC1C(N)=O. The molecule has 124 valence electrons. The molecule has 1 heterocycles. The van der Waals surface area contributed by atoms with Gasteiger partial charge in [-0.3, -0.25) is 19.9 Å². The predicted molar refractivity (Wildman–Crippen MR) is 87.7 cm³/mol. The van der Waals surface area contributed by atoms with Crippen LogP contribution in [0.25, 0.3) is 0 Å². The van der Waals surface area contributed by atoms with Crippen molar-refractivity contribution in [2.45, 2.75) is 38.4 Å². The Balaban J connectivity index is 1.91. The van der Waals surface area contributed by atoms with E-state index in [0.717, 1.165) is 12.0 Å². The van der Waals surface area contributed by atoms with Gasteiger partial charge in [0.15, 0.2) is 0 Å². The molecule has 7 nitrogen and oxygen atoms in total. The zero-order valence-corrected chi connectivity index (χ0v) is 13.2. The van der Waals surface area contributed by atoms with Crippen molar-refractivity contribution in [1.82, 2.24) is 10.2 Å². The summed E-state index contributed by atoms with van der Waals surface area (Å²) in [5.41, 5.74) is 12.4. The van der Waals surface area contributed by atoms with E-state index in [-0.39, 0.29) is 23.7 Å². The molecular formula is C16H23N5O2. The summed E-state index contributed by atoms with van der Waals surface area (Å²) < 4.78 is 0. The fourth-order valence-electron chi connectivity index (χ4n) is 2.85. The molecule has 1 saturated heterocycles. The van der Waals surface area contributed by atoms with Crippen molar-refractivity contribution >= 4 is 17.6 Å². The van der Waals surface area contributed by atoms with Gasteiger partial charge in [-0.1, -0.05) is 24.3 Å². The Labute approximate surface area is 135 Å². The molecule has 1 aliphatic rings. The molecule has 0 aliphatic carbocycles. The van der Waals surface area contributed by atoms with Crippen LogP contribution in [-0.4, -0.2) is 41.2 Å². The lowest BCUT2D eigenvalue weighted by atomic mass is 10.1. The molecule has 0 radical (unpaired) electrons. The van der Waals surface area contributed by atoms with Crippen LogP contribution in [0.2, 0.25) is 0 Å². The molecule has 0 aromatic heterocycles. The molecule has 0 saturated carbocycles. The maximum Gasteiger partial charge on any atom is 0.237 e. The molecule has 1 aromatic rings. The highest BCUT2D eigenvalue weighted by atomic mass is 16.2. The molecule has 7 heteroatoms. The van der Waals surface area contributed by atoms with E-state index in [1.54, 1.807) is 19.1 Å². The van der Waals surface area contributed by atoms with Crippen LogP contribution in [0.1, 0.15) is 30.9 Å². The monoisotopic (exact) mass is 317 g/mol. The number of carbonyl (C=O) groups is 2. The Morgan fingerprint density at radius 2 is 2.00 bits per heavy atom. The number of benzene rings is 1. The lowest BCUT2D eigenvalue weighted by Gasteiger charge is -2.27. The molecule has 1 unspecified atom stereocenters. The summed E-state index contributed by atoms with van der Waals surface area (Å²) in [6, 6.07) is 6.39. The number of nitrogens with one attached hydrogen (secondary N) is 2. The van der Waals surface area contributed by atoms with Gasteiger partial charge in [0.1, 0.15) is 5.84 Å². The maximum absolute atomic E-state index is 12.3. The Morgan fingerprint density at radius 3 is 2.57 bits per heavy atom. The van der Waals surface area contributed by atoms with E-state index in [4.69, 9.17) is 16.9 Å². The molecule has 2 rings (SSSR count). The van der Waals surface area contributed by atoms with Gasteiger partial charge in [-0.15, -0.1) is 0 Å². The smallest absolute Gasteiger partial charge is 0.237 e. The molecule has 0 bridgehead atoms. The molecule has 2 amide bonds. The van der Waals surface area contributed by atoms with E-state index < -0.39 is 6.04 Å². The Morgan fingerprint density at radius 1 is 1.35 bits per heavy atom. The van der Waals surface area contributed by atoms with Gasteiger partial charge in [0.25, 0.3) is 0 Å². The number of nitrogens with two attached hydrogens (primary N) is 2. The molecule has 0 spiro atoms. The summed E-state index contributed by atoms with van der Waals surface area (Å²) >= 11 is 0. The van der Waals surface area contributed by atoms with E-state index >= 15 is 0 Å². The lowest BCUT2D eigenvalue weighted by molar-refractivity contribution is -0.129. The highest BCUT2D eigenvalue weighted by molar-refractivity contribution is 5.94. The van der Waals surface area contributed by atoms with Gasteiger partial charge in [0, 0.05) is 12.1 Å². The van der Waals surface area contributed by atoms with Crippen LogP contribution in [0.3, 0.4) is 0 Å². The number of likely N-dealkylation sites (tertiary alicyclic amines) is 1. The zero-order chi connectivity index (χ0) is 17.0. The number of carbonyl (C=O) groups excluding carboxylic acids is 2. The Bertz CT molecular complexity index is 599. The largest absolute Gasteiger partial charge is 0.384 e. The van der Waals surface area contributed by atoms with Crippen molar-refractivity contribution in [2.75, 3.05) is 6.54 Å². The molecular weight excluding hydrogens is 294 g/mol. The number of hydrogen-bond donors (Lipinski definition) is 4. The fourth-order valence-corrected chi connectivity index (χ4v) is 2.85. The van der Waals surface area contributed by atoms with Gasteiger partial charge < -0.3 is 16.8 Å². The first-order valence-electron chi connectivity index (χ1n) is 7.66. The average molecular weight is 317 g/mol. The highest BCUT2D eigenvalue weighted by Gasteiger charge is 2.34. The summed E-state index contributed by atoms with van der Waals surface area (Å²) in [5, 5.41) is 10.2. The summed E-state index contributed by atoms with van der Waals surface area (Å²) in [5.74, 6) is -0.489. The van der Waals surface area contributed by atoms with Crippen molar-refractivity contribution in [3.8, 4) is 0 Å². The fraction of sp³-hybridized carbons (Fsp3) is 0.438. The van der Waals surface area contributed by atoms with Crippen LogP contribution < -0.4 is 16.8 Å². The van der Waals surface area contributed by atoms with Gasteiger partial charge in [0.05, 0.1) is 12.1 Å². The number of amides is 2. The zero-order valence-electron chi connectivity index (χ0n) is 13.2. The summed E-state index contributed by atoms with van der Waals surface area (Å²) in [6.45, 7) is 2.88. The molecule has 1 aliphatic heterocycles. The lowest BCUT2D eigenvalue weighted by Crippen LogP contribution is -2.50. The second-order valence-electron chi connectivity index (χ2n) is 5.80. The summed E-state index contributed by atoms with van der Waals surface area (Å²) in [7, 11) is 0. The number of hydrogen-bond acceptors (Lipinski definition) is 4. The van der Waals surface area contributed by atoms with E-state index in [9.17, 15) is 9.59 Å². The first-order chi connectivity index (χ1) is 10.9. The van der Waals surface area contributed by atoms with E-state index in [0.29, 0.717) is 25.1 Å². The van der Waals surface area contributed by atoms with Gasteiger partial charge in [-0.25, -0.2) is 0 Å².